The van der Waals surface area contributed by atoms with Crippen LogP contribution in [0.15, 0.2) is 28.8 Å². The number of para-hydroxylation sites is 1. The number of benzene rings is 1. The summed E-state index contributed by atoms with van der Waals surface area (Å²) in [6.45, 7) is 2.36. The molecule has 1 aromatic heterocycles. The molecule has 0 amide bonds. The van der Waals surface area contributed by atoms with Crippen molar-refractivity contribution in [1.82, 2.24) is 15.5 Å². The van der Waals surface area contributed by atoms with E-state index in [1.807, 2.05) is 24.3 Å². The average Bonchev–Trinajstić information content (AvgIpc) is 3.02. The van der Waals surface area contributed by atoms with Crippen molar-refractivity contribution in [2.45, 2.75) is 25.6 Å². The molecule has 2 heterocycles. The summed E-state index contributed by atoms with van der Waals surface area (Å²) in [4.78, 5) is 4.38. The summed E-state index contributed by atoms with van der Waals surface area (Å²) < 4.78 is 16.4. The lowest BCUT2D eigenvalue weighted by Crippen LogP contribution is -2.32. The Kier molecular flexibility index (Phi) is 4.47. The Hall–Kier alpha value is -1.92. The van der Waals surface area contributed by atoms with Crippen LogP contribution in [-0.4, -0.2) is 36.4 Å². The molecule has 2 aromatic rings. The van der Waals surface area contributed by atoms with Crippen LogP contribution in [0.3, 0.4) is 0 Å². The summed E-state index contributed by atoms with van der Waals surface area (Å²) in [6.07, 6.45) is 2.31. The molecule has 21 heavy (non-hydrogen) atoms. The van der Waals surface area contributed by atoms with E-state index >= 15 is 0 Å². The molecule has 1 aromatic carbocycles. The summed E-state index contributed by atoms with van der Waals surface area (Å²) in [6, 6.07) is 7.60. The number of methoxy groups -OCH3 is 1. The number of hydrogen-bond donors (Lipinski definition) is 1. The number of nitrogens with one attached hydrogen (secondary N) is 1. The zero-order valence-electron chi connectivity index (χ0n) is 12.0. The molecular weight excluding hydrogens is 270 g/mol. The number of piperidine rings is 1. The van der Waals surface area contributed by atoms with Crippen molar-refractivity contribution in [3.05, 3.63) is 30.2 Å². The molecule has 0 atom stereocenters. The first-order chi connectivity index (χ1) is 10.4. The van der Waals surface area contributed by atoms with E-state index in [4.69, 9.17) is 14.0 Å². The highest BCUT2D eigenvalue weighted by Gasteiger charge is 2.16. The van der Waals surface area contributed by atoms with Gasteiger partial charge >= 0.3 is 0 Å². The van der Waals surface area contributed by atoms with E-state index in [1.165, 1.54) is 0 Å². The maximum atomic E-state index is 5.81. The average molecular weight is 289 g/mol. The zero-order valence-corrected chi connectivity index (χ0v) is 12.0. The fraction of sp³-hybridized carbons (Fsp3) is 0.467. The lowest BCUT2D eigenvalue weighted by Gasteiger charge is -2.21. The first kappa shape index (κ1) is 14.0. The first-order valence-electron chi connectivity index (χ1n) is 7.15. The lowest BCUT2D eigenvalue weighted by atomic mass is 10.1. The third kappa shape index (κ3) is 3.40. The van der Waals surface area contributed by atoms with Gasteiger partial charge in [-0.05, 0) is 38.1 Å². The number of hydrogen-bond acceptors (Lipinski definition) is 6. The van der Waals surface area contributed by atoms with Gasteiger partial charge in [-0.2, -0.15) is 4.98 Å². The zero-order chi connectivity index (χ0) is 14.5. The minimum atomic E-state index is 0.271. The summed E-state index contributed by atoms with van der Waals surface area (Å²) >= 11 is 0. The van der Waals surface area contributed by atoms with Gasteiger partial charge in [-0.25, -0.2) is 0 Å². The predicted molar refractivity (Wildman–Crippen MR) is 77.0 cm³/mol. The number of rotatable bonds is 5. The van der Waals surface area contributed by atoms with Crippen molar-refractivity contribution in [3.8, 4) is 17.1 Å². The molecule has 1 aliphatic rings. The highest BCUT2D eigenvalue weighted by atomic mass is 16.5. The van der Waals surface area contributed by atoms with E-state index in [0.29, 0.717) is 18.3 Å². The molecule has 6 heteroatoms. The molecule has 6 nitrogen and oxygen atoms in total. The first-order valence-corrected chi connectivity index (χ1v) is 7.15. The summed E-state index contributed by atoms with van der Waals surface area (Å²) in [5.41, 5.74) is 0.817. The fourth-order valence-electron chi connectivity index (χ4n) is 2.40. The van der Waals surface area contributed by atoms with E-state index in [-0.39, 0.29) is 6.10 Å². The third-order valence-corrected chi connectivity index (χ3v) is 3.54. The van der Waals surface area contributed by atoms with E-state index in [1.54, 1.807) is 7.11 Å². The molecule has 0 spiro atoms. The van der Waals surface area contributed by atoms with E-state index in [0.717, 1.165) is 37.2 Å². The molecule has 1 fully saturated rings. The SMILES string of the molecule is COc1ccccc1-c1noc(COC2CCNCC2)n1. The molecule has 3 rings (SSSR count). The van der Waals surface area contributed by atoms with Crippen LogP contribution in [0.25, 0.3) is 11.4 Å². The monoisotopic (exact) mass is 289 g/mol. The van der Waals surface area contributed by atoms with Gasteiger partial charge in [0.05, 0.1) is 18.8 Å². The minimum absolute atomic E-state index is 0.271. The summed E-state index contributed by atoms with van der Waals surface area (Å²) in [5, 5.41) is 7.31. The Morgan fingerprint density at radius 3 is 2.90 bits per heavy atom. The van der Waals surface area contributed by atoms with Crippen LogP contribution >= 0.6 is 0 Å². The van der Waals surface area contributed by atoms with Gasteiger partial charge in [0.25, 0.3) is 5.89 Å². The van der Waals surface area contributed by atoms with Crippen molar-refractivity contribution in [3.63, 3.8) is 0 Å². The topological polar surface area (TPSA) is 69.4 Å². The molecule has 0 bridgehead atoms. The Morgan fingerprint density at radius 2 is 2.10 bits per heavy atom. The molecule has 0 saturated carbocycles. The van der Waals surface area contributed by atoms with Crippen LogP contribution < -0.4 is 10.1 Å². The lowest BCUT2D eigenvalue weighted by molar-refractivity contribution is 0.00859. The summed E-state index contributed by atoms with van der Waals surface area (Å²) in [5.74, 6) is 1.75. The van der Waals surface area contributed by atoms with Crippen LogP contribution in [0.5, 0.6) is 5.75 Å². The van der Waals surface area contributed by atoms with Gasteiger partial charge in [-0.1, -0.05) is 17.3 Å². The van der Waals surface area contributed by atoms with Crippen LogP contribution in [0.2, 0.25) is 0 Å². The minimum Gasteiger partial charge on any atom is -0.496 e. The van der Waals surface area contributed by atoms with Crippen molar-refractivity contribution in [2.75, 3.05) is 20.2 Å². The smallest absolute Gasteiger partial charge is 0.252 e. The molecule has 112 valence electrons. The van der Waals surface area contributed by atoms with Gasteiger partial charge in [-0.15, -0.1) is 0 Å². The number of nitrogens with zero attached hydrogens (tertiary/aromatic N) is 2. The highest BCUT2D eigenvalue weighted by Crippen LogP contribution is 2.27. The van der Waals surface area contributed by atoms with Gasteiger partial charge in [-0.3, -0.25) is 0 Å². The quantitative estimate of drug-likeness (QED) is 0.908. The van der Waals surface area contributed by atoms with Crippen LogP contribution in [-0.2, 0) is 11.3 Å². The van der Waals surface area contributed by atoms with Crippen molar-refractivity contribution in [1.29, 1.82) is 0 Å². The van der Waals surface area contributed by atoms with E-state index in [2.05, 4.69) is 15.5 Å². The highest BCUT2D eigenvalue weighted by molar-refractivity contribution is 5.63. The van der Waals surface area contributed by atoms with Crippen LogP contribution in [0.1, 0.15) is 18.7 Å². The number of aromatic nitrogens is 2. The van der Waals surface area contributed by atoms with Crippen LogP contribution in [0, 0.1) is 0 Å². The molecule has 0 unspecified atom stereocenters. The van der Waals surface area contributed by atoms with E-state index < -0.39 is 0 Å². The van der Waals surface area contributed by atoms with Crippen LogP contribution in [0.4, 0.5) is 0 Å². The second kappa shape index (κ2) is 6.69. The second-order valence-electron chi connectivity index (χ2n) is 4.97. The second-order valence-corrected chi connectivity index (χ2v) is 4.97. The van der Waals surface area contributed by atoms with Gasteiger partial charge in [0, 0.05) is 0 Å². The molecule has 0 aliphatic carbocycles. The molecular formula is C15H19N3O3. The Bertz CT molecular complexity index is 579. The third-order valence-electron chi connectivity index (χ3n) is 3.54. The Morgan fingerprint density at radius 1 is 1.29 bits per heavy atom. The van der Waals surface area contributed by atoms with E-state index in [9.17, 15) is 0 Å². The number of ether oxygens (including phenoxy) is 2. The van der Waals surface area contributed by atoms with Gasteiger partial charge < -0.3 is 19.3 Å². The predicted octanol–water partition coefficient (Wildman–Crippen LogP) is 2.01. The van der Waals surface area contributed by atoms with Crippen molar-refractivity contribution >= 4 is 0 Å². The van der Waals surface area contributed by atoms with Gasteiger partial charge in [0.1, 0.15) is 12.4 Å². The van der Waals surface area contributed by atoms with Gasteiger partial charge in [0.15, 0.2) is 0 Å². The molecule has 0 radical (unpaired) electrons. The Labute approximate surface area is 123 Å². The standard InChI is InChI=1S/C15H19N3O3/c1-19-13-5-3-2-4-12(13)15-17-14(21-18-15)10-20-11-6-8-16-9-7-11/h2-5,11,16H,6-10H2,1H3. The Balaban J connectivity index is 1.65. The normalized spacial score (nSPS) is 16.0. The van der Waals surface area contributed by atoms with Crippen molar-refractivity contribution < 1.29 is 14.0 Å². The molecule has 1 aliphatic heterocycles. The molecule has 1 saturated heterocycles. The summed E-state index contributed by atoms with van der Waals surface area (Å²) in [7, 11) is 1.63. The van der Waals surface area contributed by atoms with Gasteiger partial charge in [0.2, 0.25) is 5.82 Å². The maximum Gasteiger partial charge on any atom is 0.252 e. The van der Waals surface area contributed by atoms with Crippen molar-refractivity contribution in [2.24, 2.45) is 0 Å². The largest absolute Gasteiger partial charge is 0.496 e. The molecule has 1 N–H and O–H groups in total. The fourth-order valence-corrected chi connectivity index (χ4v) is 2.40. The maximum absolute atomic E-state index is 5.81.